The number of thiocarbonyl (C=S) groups is 1. The first-order valence-electron chi connectivity index (χ1n) is 10.5. The summed E-state index contributed by atoms with van der Waals surface area (Å²) in [5, 5.41) is 2.80. The van der Waals surface area contributed by atoms with E-state index < -0.39 is 23.9 Å². The third-order valence-corrected chi connectivity index (χ3v) is 7.02. The molecule has 0 aliphatic carbocycles. The predicted molar refractivity (Wildman–Crippen MR) is 129 cm³/mol. The predicted octanol–water partition coefficient (Wildman–Crippen LogP) is 5.31. The molecule has 2 aromatic rings. The van der Waals surface area contributed by atoms with Crippen molar-refractivity contribution < 1.29 is 18.7 Å². The topological polar surface area (TPSA) is 58.6 Å². The molecular weight excluding hydrogens is 447 g/mol. The van der Waals surface area contributed by atoms with Crippen molar-refractivity contribution in [1.29, 1.82) is 0 Å². The average molecular weight is 475 g/mol. The highest BCUT2D eigenvalue weighted by Crippen LogP contribution is 2.33. The van der Waals surface area contributed by atoms with Crippen LogP contribution in [0.5, 0.6) is 0 Å². The van der Waals surface area contributed by atoms with Crippen LogP contribution in [0.1, 0.15) is 37.9 Å². The molecule has 0 aromatic heterocycles. The molecular formula is C24H27FN2O3S2. The molecule has 8 heteroatoms. The highest BCUT2D eigenvalue weighted by molar-refractivity contribution is 8.23. The maximum atomic E-state index is 13.5. The molecule has 0 spiro atoms. The number of carbonyl (C=O) groups excluding carboxylic acids is 2. The third kappa shape index (κ3) is 5.86. The number of carbonyl (C=O) groups is 2. The second kappa shape index (κ2) is 10.9. The number of benzene rings is 2. The minimum Gasteiger partial charge on any atom is -0.445 e. The Morgan fingerprint density at radius 2 is 1.81 bits per heavy atom. The number of amides is 2. The summed E-state index contributed by atoms with van der Waals surface area (Å²) in [6.45, 7) is 5.96. The van der Waals surface area contributed by atoms with Gasteiger partial charge in [-0.2, -0.15) is 0 Å². The van der Waals surface area contributed by atoms with Crippen LogP contribution in [-0.2, 0) is 16.1 Å². The molecule has 1 fully saturated rings. The molecule has 0 radical (unpaired) electrons. The number of halogens is 1. The van der Waals surface area contributed by atoms with Crippen molar-refractivity contribution in [2.24, 2.45) is 11.8 Å². The van der Waals surface area contributed by atoms with Gasteiger partial charge >= 0.3 is 6.09 Å². The number of hydrogen-bond donors (Lipinski definition) is 1. The zero-order chi connectivity index (χ0) is 23.3. The maximum absolute atomic E-state index is 13.5. The summed E-state index contributed by atoms with van der Waals surface area (Å²) in [7, 11) is 0. The first-order valence-corrected chi connectivity index (χ1v) is 11.9. The van der Waals surface area contributed by atoms with Gasteiger partial charge in [0.05, 0.1) is 12.0 Å². The molecule has 0 bridgehead atoms. The Kier molecular flexibility index (Phi) is 8.26. The SMILES string of the molecule is CC(C)[C@H]1CSC(=S)N1C(=O)[C@H](C)[C@@H](NC(=O)OCc1ccccc1)c1ccc(F)cc1. The second-order valence-electron chi connectivity index (χ2n) is 8.12. The minimum absolute atomic E-state index is 0.00125. The number of nitrogens with zero attached hydrogens (tertiary/aromatic N) is 1. The Morgan fingerprint density at radius 3 is 2.44 bits per heavy atom. The van der Waals surface area contributed by atoms with Gasteiger partial charge in [-0.05, 0) is 29.2 Å². The van der Waals surface area contributed by atoms with E-state index in [4.69, 9.17) is 17.0 Å². The van der Waals surface area contributed by atoms with Gasteiger partial charge in [0.25, 0.3) is 0 Å². The highest BCUT2D eigenvalue weighted by atomic mass is 32.2. The van der Waals surface area contributed by atoms with Crippen molar-refractivity contribution >= 4 is 40.3 Å². The minimum atomic E-state index is -0.701. The van der Waals surface area contributed by atoms with Crippen molar-refractivity contribution in [3.63, 3.8) is 0 Å². The number of ether oxygens (including phenoxy) is 1. The van der Waals surface area contributed by atoms with Crippen LogP contribution in [0.15, 0.2) is 54.6 Å². The summed E-state index contributed by atoms with van der Waals surface area (Å²) in [5.41, 5.74) is 1.46. The number of thioether (sulfide) groups is 1. The van der Waals surface area contributed by atoms with E-state index >= 15 is 0 Å². The molecule has 0 unspecified atom stereocenters. The van der Waals surface area contributed by atoms with E-state index in [2.05, 4.69) is 19.2 Å². The molecule has 5 nitrogen and oxygen atoms in total. The van der Waals surface area contributed by atoms with Crippen LogP contribution < -0.4 is 5.32 Å². The summed E-state index contributed by atoms with van der Waals surface area (Å²) < 4.78 is 19.4. The normalized spacial score (nSPS) is 17.8. The Morgan fingerprint density at radius 1 is 1.16 bits per heavy atom. The van der Waals surface area contributed by atoms with Crippen molar-refractivity contribution in [1.82, 2.24) is 10.2 Å². The van der Waals surface area contributed by atoms with Gasteiger partial charge in [-0.25, -0.2) is 9.18 Å². The Balaban J connectivity index is 1.79. The van der Waals surface area contributed by atoms with Gasteiger partial charge in [-0.15, -0.1) is 0 Å². The van der Waals surface area contributed by atoms with Crippen molar-refractivity contribution in [2.75, 3.05) is 5.75 Å². The first-order chi connectivity index (χ1) is 15.3. The molecule has 170 valence electrons. The summed E-state index contributed by atoms with van der Waals surface area (Å²) in [6, 6.07) is 14.4. The summed E-state index contributed by atoms with van der Waals surface area (Å²) in [5.74, 6) is -0.204. The van der Waals surface area contributed by atoms with Crippen LogP contribution in [-0.4, -0.2) is 33.0 Å². The summed E-state index contributed by atoms with van der Waals surface area (Å²) >= 11 is 6.93. The fourth-order valence-corrected chi connectivity index (χ4v) is 5.24. The molecule has 1 aliphatic heterocycles. The van der Waals surface area contributed by atoms with Gasteiger partial charge in [0.15, 0.2) is 0 Å². The van der Waals surface area contributed by atoms with Gasteiger partial charge in [-0.3, -0.25) is 9.69 Å². The van der Waals surface area contributed by atoms with E-state index in [-0.39, 0.29) is 24.5 Å². The number of rotatable bonds is 7. The van der Waals surface area contributed by atoms with E-state index in [1.165, 1.54) is 23.9 Å². The molecule has 1 aliphatic rings. The molecule has 2 aromatic carbocycles. The fraction of sp³-hybridized carbons (Fsp3) is 0.375. The van der Waals surface area contributed by atoms with Gasteiger partial charge in [0, 0.05) is 11.8 Å². The van der Waals surface area contributed by atoms with Gasteiger partial charge in [0.1, 0.15) is 16.7 Å². The van der Waals surface area contributed by atoms with Crippen molar-refractivity contribution in [3.8, 4) is 0 Å². The van der Waals surface area contributed by atoms with Crippen LogP contribution in [0.2, 0.25) is 0 Å². The molecule has 0 saturated carbocycles. The van der Waals surface area contributed by atoms with E-state index in [1.54, 1.807) is 24.0 Å². The van der Waals surface area contributed by atoms with Crippen LogP contribution in [0.3, 0.4) is 0 Å². The standard InChI is InChI=1S/C24H27FN2O3S2/c1-15(2)20-14-32-24(31)27(20)22(28)16(3)21(18-9-11-19(25)12-10-18)26-23(29)30-13-17-7-5-4-6-8-17/h4-12,15-16,20-21H,13-14H2,1-3H3,(H,26,29)/t16-,20-,21-/m1/s1. The summed E-state index contributed by atoms with van der Waals surface area (Å²) in [6.07, 6.45) is -0.651. The van der Waals surface area contributed by atoms with E-state index in [0.717, 1.165) is 11.3 Å². The van der Waals surface area contributed by atoms with Crippen molar-refractivity contribution in [3.05, 3.63) is 71.5 Å². The summed E-state index contributed by atoms with van der Waals surface area (Å²) in [4.78, 5) is 27.7. The number of alkyl carbamates (subject to hydrolysis) is 1. The monoisotopic (exact) mass is 474 g/mol. The lowest BCUT2D eigenvalue weighted by molar-refractivity contribution is -0.133. The van der Waals surface area contributed by atoms with Crippen LogP contribution in [0, 0.1) is 17.7 Å². The third-order valence-electron chi connectivity index (χ3n) is 5.52. The number of hydrogen-bond acceptors (Lipinski definition) is 5. The molecule has 2 amide bonds. The van der Waals surface area contributed by atoms with Crippen LogP contribution in [0.4, 0.5) is 9.18 Å². The zero-order valence-corrected chi connectivity index (χ0v) is 19.9. The number of nitrogens with one attached hydrogen (secondary N) is 1. The lowest BCUT2D eigenvalue weighted by Crippen LogP contribution is -2.47. The van der Waals surface area contributed by atoms with Gasteiger partial charge in [-0.1, -0.05) is 87.2 Å². The Bertz CT molecular complexity index is 953. The zero-order valence-electron chi connectivity index (χ0n) is 18.3. The molecule has 1 heterocycles. The van der Waals surface area contributed by atoms with Crippen molar-refractivity contribution in [2.45, 2.75) is 39.5 Å². The fourth-order valence-electron chi connectivity index (χ4n) is 3.60. The first kappa shape index (κ1) is 24.2. The van der Waals surface area contributed by atoms with E-state index in [1.807, 2.05) is 30.3 Å². The highest BCUT2D eigenvalue weighted by Gasteiger charge is 2.40. The largest absolute Gasteiger partial charge is 0.445 e. The molecule has 1 saturated heterocycles. The Hall–Kier alpha value is -2.45. The molecule has 1 N–H and O–H groups in total. The van der Waals surface area contributed by atoms with Crippen LogP contribution in [0.25, 0.3) is 0 Å². The second-order valence-corrected chi connectivity index (χ2v) is 9.77. The van der Waals surface area contributed by atoms with Gasteiger partial charge < -0.3 is 10.1 Å². The van der Waals surface area contributed by atoms with E-state index in [9.17, 15) is 14.0 Å². The molecule has 32 heavy (non-hydrogen) atoms. The van der Waals surface area contributed by atoms with Crippen LogP contribution >= 0.6 is 24.0 Å². The Labute approximate surface area is 197 Å². The smallest absolute Gasteiger partial charge is 0.407 e. The van der Waals surface area contributed by atoms with Gasteiger partial charge in [0.2, 0.25) is 5.91 Å². The maximum Gasteiger partial charge on any atom is 0.407 e. The van der Waals surface area contributed by atoms with E-state index in [0.29, 0.717) is 9.88 Å². The lowest BCUT2D eigenvalue weighted by atomic mass is 9.92. The molecule has 3 atom stereocenters. The molecule has 3 rings (SSSR count). The lowest BCUT2D eigenvalue weighted by Gasteiger charge is -2.32. The average Bonchev–Trinajstić information content (AvgIpc) is 3.18. The quantitative estimate of drug-likeness (QED) is 0.551.